The monoisotopic (exact) mass is 225 g/mol. The van der Waals surface area contributed by atoms with E-state index in [1.54, 1.807) is 0 Å². The Kier molecular flexibility index (Phi) is 3.53. The average molecular weight is 225 g/mol. The lowest BCUT2D eigenvalue weighted by Gasteiger charge is -2.40. The average Bonchev–Trinajstić information content (AvgIpc) is 2.82. The van der Waals surface area contributed by atoms with E-state index in [4.69, 9.17) is 5.73 Å². The summed E-state index contributed by atoms with van der Waals surface area (Å²) >= 11 is 0. The maximum Gasteiger partial charge on any atom is 0.324 e. The summed E-state index contributed by atoms with van der Waals surface area (Å²) in [4.78, 5) is 11.6. The van der Waals surface area contributed by atoms with Gasteiger partial charge in [0.05, 0.1) is 0 Å². The second-order valence-corrected chi connectivity index (χ2v) is 5.55. The summed E-state index contributed by atoms with van der Waals surface area (Å²) in [6.45, 7) is 0. The molecule has 0 bridgehead atoms. The van der Waals surface area contributed by atoms with Crippen molar-refractivity contribution in [2.24, 2.45) is 17.6 Å². The molecule has 3 N–H and O–H groups in total. The van der Waals surface area contributed by atoms with Crippen LogP contribution in [0.1, 0.15) is 57.8 Å². The van der Waals surface area contributed by atoms with Gasteiger partial charge in [-0.05, 0) is 37.5 Å². The summed E-state index contributed by atoms with van der Waals surface area (Å²) in [6, 6.07) is 0. The highest BCUT2D eigenvalue weighted by Crippen LogP contribution is 2.42. The number of carboxylic acid groups (broad SMARTS) is 1. The fourth-order valence-corrected chi connectivity index (χ4v) is 3.67. The Morgan fingerprint density at radius 1 is 0.938 bits per heavy atom. The van der Waals surface area contributed by atoms with Crippen molar-refractivity contribution in [3.8, 4) is 0 Å². The molecular weight excluding hydrogens is 202 g/mol. The smallest absolute Gasteiger partial charge is 0.324 e. The van der Waals surface area contributed by atoms with Crippen LogP contribution in [0.25, 0.3) is 0 Å². The molecule has 0 spiro atoms. The lowest BCUT2D eigenvalue weighted by atomic mass is 9.68. The molecular formula is C13H23NO2. The summed E-state index contributed by atoms with van der Waals surface area (Å²) in [5.41, 5.74) is 5.39. The normalized spacial score (nSPS) is 27.8. The molecule has 0 unspecified atom stereocenters. The van der Waals surface area contributed by atoms with Gasteiger partial charge in [-0.15, -0.1) is 0 Å². The van der Waals surface area contributed by atoms with E-state index in [1.165, 1.54) is 6.42 Å². The van der Waals surface area contributed by atoms with E-state index in [9.17, 15) is 9.90 Å². The van der Waals surface area contributed by atoms with Crippen LogP contribution in [0, 0.1) is 11.8 Å². The number of carbonyl (C=O) groups is 1. The summed E-state index contributed by atoms with van der Waals surface area (Å²) in [6.07, 6.45) is 9.93. The first-order valence-electron chi connectivity index (χ1n) is 6.68. The minimum atomic E-state index is -0.934. The van der Waals surface area contributed by atoms with Crippen LogP contribution in [-0.2, 0) is 4.79 Å². The number of hydrogen-bond acceptors (Lipinski definition) is 2. The van der Waals surface area contributed by atoms with E-state index in [0.29, 0.717) is 0 Å². The van der Waals surface area contributed by atoms with Gasteiger partial charge in [0.15, 0.2) is 0 Å². The molecule has 0 radical (unpaired) electrons. The van der Waals surface area contributed by atoms with Gasteiger partial charge >= 0.3 is 5.97 Å². The minimum absolute atomic E-state index is 0.210. The van der Waals surface area contributed by atoms with Gasteiger partial charge in [-0.25, -0.2) is 0 Å². The maximum atomic E-state index is 11.6. The number of aliphatic carboxylic acids is 1. The predicted octanol–water partition coefficient (Wildman–Crippen LogP) is 2.54. The third kappa shape index (κ3) is 1.97. The van der Waals surface area contributed by atoms with Crippen molar-refractivity contribution in [2.45, 2.75) is 63.3 Å². The first-order chi connectivity index (χ1) is 7.65. The van der Waals surface area contributed by atoms with Gasteiger partial charge in [-0.3, -0.25) is 4.79 Å². The van der Waals surface area contributed by atoms with Crippen LogP contribution in [0.4, 0.5) is 0 Å². The van der Waals surface area contributed by atoms with Gasteiger partial charge in [0.25, 0.3) is 0 Å². The summed E-state index contributed by atoms with van der Waals surface area (Å²) < 4.78 is 0. The summed E-state index contributed by atoms with van der Waals surface area (Å²) in [5.74, 6) is -0.332. The molecule has 2 aliphatic carbocycles. The van der Waals surface area contributed by atoms with Crippen LogP contribution in [0.2, 0.25) is 0 Å². The molecule has 16 heavy (non-hydrogen) atoms. The van der Waals surface area contributed by atoms with Crippen molar-refractivity contribution in [1.29, 1.82) is 0 Å². The molecule has 2 rings (SSSR count). The highest BCUT2D eigenvalue weighted by Gasteiger charge is 2.49. The molecule has 3 heteroatoms. The van der Waals surface area contributed by atoms with Gasteiger partial charge in [-0.2, -0.15) is 0 Å². The molecule has 0 heterocycles. The molecule has 0 saturated heterocycles. The molecule has 0 amide bonds. The molecule has 0 aliphatic heterocycles. The third-order valence-corrected chi connectivity index (χ3v) is 4.68. The largest absolute Gasteiger partial charge is 0.480 e. The van der Waals surface area contributed by atoms with E-state index >= 15 is 0 Å². The minimum Gasteiger partial charge on any atom is -0.480 e. The molecule has 0 aromatic rings. The molecule has 2 saturated carbocycles. The Morgan fingerprint density at radius 2 is 1.31 bits per heavy atom. The standard InChI is InChI=1S/C13H23NO2/c14-13(12(15)16,11-8-4-5-9-11)10-6-2-1-3-7-10/h10-11H,1-9,14H2,(H,15,16)/t13-/m0/s1. The van der Waals surface area contributed by atoms with Gasteiger partial charge in [0, 0.05) is 0 Å². The van der Waals surface area contributed by atoms with E-state index in [1.807, 2.05) is 0 Å². The molecule has 2 fully saturated rings. The molecule has 92 valence electrons. The molecule has 1 atom stereocenters. The highest BCUT2D eigenvalue weighted by molar-refractivity contribution is 5.79. The lowest BCUT2D eigenvalue weighted by Crippen LogP contribution is -2.59. The van der Waals surface area contributed by atoms with Crippen molar-refractivity contribution in [1.82, 2.24) is 0 Å². The van der Waals surface area contributed by atoms with Crippen LogP contribution in [-0.4, -0.2) is 16.6 Å². The van der Waals surface area contributed by atoms with Crippen molar-refractivity contribution in [3.05, 3.63) is 0 Å². The quantitative estimate of drug-likeness (QED) is 0.775. The first kappa shape index (κ1) is 11.9. The Balaban J connectivity index is 2.15. The SMILES string of the molecule is N[C@@](C(=O)O)(C1CCCCC1)C1CCCC1. The Morgan fingerprint density at radius 3 is 1.69 bits per heavy atom. The number of nitrogens with two attached hydrogens (primary N) is 1. The highest BCUT2D eigenvalue weighted by atomic mass is 16.4. The van der Waals surface area contributed by atoms with E-state index in [0.717, 1.165) is 51.4 Å². The van der Waals surface area contributed by atoms with Crippen molar-refractivity contribution >= 4 is 5.97 Å². The van der Waals surface area contributed by atoms with Crippen LogP contribution >= 0.6 is 0 Å². The fraction of sp³-hybridized carbons (Fsp3) is 0.923. The van der Waals surface area contributed by atoms with E-state index in [-0.39, 0.29) is 11.8 Å². The third-order valence-electron chi connectivity index (χ3n) is 4.68. The Hall–Kier alpha value is -0.570. The zero-order chi connectivity index (χ0) is 11.6. The van der Waals surface area contributed by atoms with E-state index in [2.05, 4.69) is 0 Å². The number of rotatable bonds is 3. The van der Waals surface area contributed by atoms with Crippen LogP contribution in [0.3, 0.4) is 0 Å². The Labute approximate surface area is 97.4 Å². The van der Waals surface area contributed by atoms with Crippen molar-refractivity contribution in [2.75, 3.05) is 0 Å². The van der Waals surface area contributed by atoms with Gasteiger partial charge in [-0.1, -0.05) is 32.1 Å². The van der Waals surface area contributed by atoms with Crippen molar-refractivity contribution < 1.29 is 9.90 Å². The lowest BCUT2D eigenvalue weighted by molar-refractivity contribution is -0.149. The van der Waals surface area contributed by atoms with Gasteiger partial charge in [0.1, 0.15) is 5.54 Å². The summed E-state index contributed by atoms with van der Waals surface area (Å²) in [7, 11) is 0. The maximum absolute atomic E-state index is 11.6. The second-order valence-electron chi connectivity index (χ2n) is 5.55. The number of hydrogen-bond donors (Lipinski definition) is 2. The van der Waals surface area contributed by atoms with Crippen LogP contribution in [0.15, 0.2) is 0 Å². The zero-order valence-corrected chi connectivity index (χ0v) is 9.95. The van der Waals surface area contributed by atoms with Crippen molar-refractivity contribution in [3.63, 3.8) is 0 Å². The second kappa shape index (κ2) is 4.74. The predicted molar refractivity (Wildman–Crippen MR) is 63.1 cm³/mol. The van der Waals surface area contributed by atoms with Gasteiger partial charge < -0.3 is 10.8 Å². The molecule has 0 aromatic carbocycles. The number of carboxylic acids is 1. The molecule has 3 nitrogen and oxygen atoms in total. The Bertz CT molecular complexity index is 255. The van der Waals surface area contributed by atoms with E-state index < -0.39 is 11.5 Å². The molecule has 0 aromatic heterocycles. The zero-order valence-electron chi connectivity index (χ0n) is 9.95. The first-order valence-corrected chi connectivity index (χ1v) is 6.68. The topological polar surface area (TPSA) is 63.3 Å². The van der Waals surface area contributed by atoms with Crippen LogP contribution < -0.4 is 5.73 Å². The fourth-order valence-electron chi connectivity index (χ4n) is 3.67. The van der Waals surface area contributed by atoms with Crippen LogP contribution in [0.5, 0.6) is 0 Å². The molecule has 2 aliphatic rings. The summed E-state index contributed by atoms with van der Waals surface area (Å²) in [5, 5.41) is 9.52. The van der Waals surface area contributed by atoms with Gasteiger partial charge in [0.2, 0.25) is 0 Å².